The van der Waals surface area contributed by atoms with Crippen molar-refractivity contribution in [2.75, 3.05) is 13.2 Å². The van der Waals surface area contributed by atoms with Crippen LogP contribution in [0, 0.1) is 11.7 Å². The van der Waals surface area contributed by atoms with E-state index in [1.54, 1.807) is 23.3 Å². The number of halogens is 1. The number of ether oxygens (including phenoxy) is 1. The SMILES string of the molecule is CCOC(=O)c1csc(CN(CCC(C)C)C(=O)c2cccc(F)c2)n1. The second kappa shape index (κ2) is 9.43. The number of carbonyl (C=O) groups excluding carboxylic acids is 2. The second-order valence-electron chi connectivity index (χ2n) is 6.27. The Bertz CT molecular complexity index is 761. The molecule has 0 aliphatic heterocycles. The van der Waals surface area contributed by atoms with Crippen molar-refractivity contribution in [2.45, 2.75) is 33.7 Å². The van der Waals surface area contributed by atoms with Gasteiger partial charge in [-0.2, -0.15) is 0 Å². The monoisotopic (exact) mass is 378 g/mol. The molecule has 140 valence electrons. The summed E-state index contributed by atoms with van der Waals surface area (Å²) in [5.41, 5.74) is 0.546. The number of thiazole rings is 1. The normalized spacial score (nSPS) is 10.8. The van der Waals surface area contributed by atoms with Crippen LogP contribution >= 0.6 is 11.3 Å². The van der Waals surface area contributed by atoms with E-state index in [1.165, 1.54) is 29.5 Å². The van der Waals surface area contributed by atoms with E-state index in [0.717, 1.165) is 6.42 Å². The minimum absolute atomic E-state index is 0.244. The van der Waals surface area contributed by atoms with Crippen LogP contribution in [0.5, 0.6) is 0 Å². The Morgan fingerprint density at radius 2 is 2.12 bits per heavy atom. The molecule has 2 aromatic rings. The molecule has 0 fully saturated rings. The molecule has 0 bridgehead atoms. The lowest BCUT2D eigenvalue weighted by Gasteiger charge is -2.22. The lowest BCUT2D eigenvalue weighted by molar-refractivity contribution is 0.0520. The third kappa shape index (κ3) is 5.62. The minimum atomic E-state index is -0.472. The summed E-state index contributed by atoms with van der Waals surface area (Å²) in [6.07, 6.45) is 0.817. The highest BCUT2D eigenvalue weighted by Crippen LogP contribution is 2.17. The molecule has 0 aliphatic carbocycles. The van der Waals surface area contributed by atoms with E-state index in [2.05, 4.69) is 18.8 Å². The Kier molecular flexibility index (Phi) is 7.26. The van der Waals surface area contributed by atoms with Gasteiger partial charge in [0.2, 0.25) is 0 Å². The summed E-state index contributed by atoms with van der Waals surface area (Å²) in [5, 5.41) is 2.27. The lowest BCUT2D eigenvalue weighted by Crippen LogP contribution is -2.32. The molecule has 0 saturated heterocycles. The van der Waals surface area contributed by atoms with Crippen LogP contribution in [0.3, 0.4) is 0 Å². The van der Waals surface area contributed by atoms with Gasteiger partial charge in [0, 0.05) is 17.5 Å². The van der Waals surface area contributed by atoms with Gasteiger partial charge in [-0.05, 0) is 37.5 Å². The molecule has 0 N–H and O–H groups in total. The van der Waals surface area contributed by atoms with E-state index in [-0.39, 0.29) is 24.8 Å². The average molecular weight is 378 g/mol. The molecule has 1 heterocycles. The molecule has 5 nitrogen and oxygen atoms in total. The summed E-state index contributed by atoms with van der Waals surface area (Å²) < 4.78 is 18.4. The first-order valence-electron chi connectivity index (χ1n) is 8.57. The fourth-order valence-electron chi connectivity index (χ4n) is 2.32. The molecule has 0 radical (unpaired) electrons. The number of nitrogens with zero attached hydrogens (tertiary/aromatic N) is 2. The van der Waals surface area contributed by atoms with Gasteiger partial charge in [-0.15, -0.1) is 11.3 Å². The highest BCUT2D eigenvalue weighted by molar-refractivity contribution is 7.09. The number of esters is 1. The van der Waals surface area contributed by atoms with Gasteiger partial charge in [0.25, 0.3) is 5.91 Å². The predicted molar refractivity (Wildman–Crippen MR) is 98.7 cm³/mol. The average Bonchev–Trinajstić information content (AvgIpc) is 3.07. The summed E-state index contributed by atoms with van der Waals surface area (Å²) in [6, 6.07) is 5.66. The largest absolute Gasteiger partial charge is 0.461 e. The van der Waals surface area contributed by atoms with Crippen molar-refractivity contribution in [2.24, 2.45) is 5.92 Å². The van der Waals surface area contributed by atoms with Crippen molar-refractivity contribution in [3.63, 3.8) is 0 Å². The number of benzene rings is 1. The Morgan fingerprint density at radius 3 is 2.77 bits per heavy atom. The fourth-order valence-corrected chi connectivity index (χ4v) is 3.09. The summed E-state index contributed by atoms with van der Waals surface area (Å²) in [7, 11) is 0. The molecule has 1 amide bonds. The zero-order chi connectivity index (χ0) is 19.1. The molecule has 26 heavy (non-hydrogen) atoms. The van der Waals surface area contributed by atoms with Crippen LogP contribution in [0.1, 0.15) is 53.0 Å². The van der Waals surface area contributed by atoms with E-state index < -0.39 is 11.8 Å². The topological polar surface area (TPSA) is 59.5 Å². The maximum Gasteiger partial charge on any atom is 0.357 e. The van der Waals surface area contributed by atoms with Gasteiger partial charge < -0.3 is 9.64 Å². The number of carbonyl (C=O) groups is 2. The molecule has 1 aromatic heterocycles. The summed E-state index contributed by atoms with van der Waals surface area (Å²) in [4.78, 5) is 30.5. The van der Waals surface area contributed by atoms with Crippen molar-refractivity contribution >= 4 is 23.2 Å². The van der Waals surface area contributed by atoms with Gasteiger partial charge in [-0.1, -0.05) is 19.9 Å². The second-order valence-corrected chi connectivity index (χ2v) is 7.21. The van der Waals surface area contributed by atoms with Gasteiger partial charge in [0.1, 0.15) is 10.8 Å². The van der Waals surface area contributed by atoms with Crippen LogP contribution in [0.25, 0.3) is 0 Å². The summed E-state index contributed by atoms with van der Waals surface area (Å²) >= 11 is 1.30. The van der Waals surface area contributed by atoms with Crippen LogP contribution in [0.4, 0.5) is 4.39 Å². The molecular weight excluding hydrogens is 355 g/mol. The third-order valence-corrected chi connectivity index (χ3v) is 4.53. The quantitative estimate of drug-likeness (QED) is 0.648. The van der Waals surface area contributed by atoms with E-state index in [9.17, 15) is 14.0 Å². The van der Waals surface area contributed by atoms with E-state index >= 15 is 0 Å². The first kappa shape index (κ1) is 20.0. The van der Waals surface area contributed by atoms with Crippen molar-refractivity contribution in [1.29, 1.82) is 0 Å². The first-order valence-corrected chi connectivity index (χ1v) is 9.45. The van der Waals surface area contributed by atoms with Gasteiger partial charge >= 0.3 is 5.97 Å². The molecule has 1 aromatic carbocycles. The number of aromatic nitrogens is 1. The third-order valence-electron chi connectivity index (χ3n) is 3.70. The highest BCUT2D eigenvalue weighted by Gasteiger charge is 2.20. The van der Waals surface area contributed by atoms with Gasteiger partial charge in [-0.25, -0.2) is 14.2 Å². The Morgan fingerprint density at radius 1 is 1.35 bits per heavy atom. The number of rotatable bonds is 8. The molecule has 0 atom stereocenters. The van der Waals surface area contributed by atoms with Crippen LogP contribution in [0.15, 0.2) is 29.6 Å². The van der Waals surface area contributed by atoms with Crippen LogP contribution in [-0.2, 0) is 11.3 Å². The zero-order valence-electron chi connectivity index (χ0n) is 15.2. The lowest BCUT2D eigenvalue weighted by atomic mass is 10.1. The standard InChI is InChI=1S/C19H23FN2O3S/c1-4-25-19(24)16-12-26-17(21-16)11-22(9-8-13(2)3)18(23)14-6-5-7-15(20)10-14/h5-7,10,12-13H,4,8-9,11H2,1-3H3. The molecule has 0 aliphatic rings. The number of amides is 1. The first-order chi connectivity index (χ1) is 12.4. The van der Waals surface area contributed by atoms with Crippen molar-refractivity contribution < 1.29 is 18.7 Å². The molecule has 0 unspecified atom stereocenters. The Balaban J connectivity index is 2.16. The Hall–Kier alpha value is -2.28. The van der Waals surface area contributed by atoms with E-state index in [1.807, 2.05) is 0 Å². The summed E-state index contributed by atoms with van der Waals surface area (Å²) in [6.45, 7) is 6.97. The van der Waals surface area contributed by atoms with Crippen molar-refractivity contribution in [3.8, 4) is 0 Å². The number of hydrogen-bond donors (Lipinski definition) is 0. The molecule has 7 heteroatoms. The van der Waals surface area contributed by atoms with Crippen LogP contribution in [-0.4, -0.2) is 34.9 Å². The van der Waals surface area contributed by atoms with Crippen molar-refractivity contribution in [3.05, 3.63) is 51.7 Å². The van der Waals surface area contributed by atoms with Gasteiger partial charge in [-0.3, -0.25) is 4.79 Å². The maximum atomic E-state index is 13.5. The zero-order valence-corrected chi connectivity index (χ0v) is 16.0. The fraction of sp³-hybridized carbons (Fsp3) is 0.421. The maximum absolute atomic E-state index is 13.5. The van der Waals surface area contributed by atoms with Crippen molar-refractivity contribution in [1.82, 2.24) is 9.88 Å². The van der Waals surface area contributed by atoms with E-state index in [4.69, 9.17) is 4.74 Å². The smallest absolute Gasteiger partial charge is 0.357 e. The minimum Gasteiger partial charge on any atom is -0.461 e. The molecule has 0 saturated carbocycles. The molecule has 0 spiro atoms. The van der Waals surface area contributed by atoms with Crippen LogP contribution in [0.2, 0.25) is 0 Å². The molecular formula is C19H23FN2O3S. The predicted octanol–water partition coefficient (Wildman–Crippen LogP) is 4.15. The Labute approximate surface area is 156 Å². The van der Waals surface area contributed by atoms with Crippen LogP contribution < -0.4 is 0 Å². The van der Waals surface area contributed by atoms with Gasteiger partial charge in [0.05, 0.1) is 13.2 Å². The number of hydrogen-bond acceptors (Lipinski definition) is 5. The van der Waals surface area contributed by atoms with E-state index in [0.29, 0.717) is 23.0 Å². The van der Waals surface area contributed by atoms with Gasteiger partial charge in [0.15, 0.2) is 5.69 Å². The summed E-state index contributed by atoms with van der Waals surface area (Å²) in [5.74, 6) is -0.749. The molecule has 2 rings (SSSR count). The highest BCUT2D eigenvalue weighted by atomic mass is 32.1.